The number of carbonyl (C=O) groups is 1. The van der Waals surface area contributed by atoms with Crippen molar-refractivity contribution >= 4 is 5.97 Å². The van der Waals surface area contributed by atoms with Gasteiger partial charge in [-0.2, -0.15) is 0 Å². The molecule has 1 aliphatic rings. The molecule has 3 nitrogen and oxygen atoms in total. The van der Waals surface area contributed by atoms with E-state index in [4.69, 9.17) is 0 Å². The van der Waals surface area contributed by atoms with Crippen LogP contribution in [0.4, 0.5) is 0 Å². The van der Waals surface area contributed by atoms with Gasteiger partial charge in [0.25, 0.3) is 0 Å². The Balaban J connectivity index is 2.29. The predicted molar refractivity (Wildman–Crippen MR) is 51.4 cm³/mol. The first-order chi connectivity index (χ1) is 6.26. The highest BCUT2D eigenvalue weighted by molar-refractivity contribution is 5.69. The minimum absolute atomic E-state index is 0.103. The first kappa shape index (κ1) is 10.5. The van der Waals surface area contributed by atoms with E-state index in [9.17, 15) is 4.79 Å². The highest BCUT2D eigenvalue weighted by Crippen LogP contribution is 2.20. The molecular weight excluding hydrogens is 166 g/mol. The van der Waals surface area contributed by atoms with Crippen LogP contribution in [0, 0.1) is 5.92 Å². The summed E-state index contributed by atoms with van der Waals surface area (Å²) in [6.07, 6.45) is 4.10. The molecule has 2 unspecified atom stereocenters. The lowest BCUT2D eigenvalue weighted by molar-refractivity contribution is -0.141. The Bertz CT molecular complexity index is 170. The third kappa shape index (κ3) is 3.35. The van der Waals surface area contributed by atoms with Gasteiger partial charge in [-0.3, -0.25) is 4.79 Å². The number of methoxy groups -OCH3 is 1. The molecule has 1 fully saturated rings. The minimum Gasteiger partial charge on any atom is -0.469 e. The van der Waals surface area contributed by atoms with Gasteiger partial charge in [-0.05, 0) is 25.3 Å². The molecule has 0 spiro atoms. The van der Waals surface area contributed by atoms with E-state index in [0.717, 1.165) is 18.9 Å². The molecule has 1 rings (SSSR count). The maximum absolute atomic E-state index is 11.0. The van der Waals surface area contributed by atoms with Crippen LogP contribution in [0.25, 0.3) is 0 Å². The summed E-state index contributed by atoms with van der Waals surface area (Å²) < 4.78 is 4.64. The number of hydrogen-bond acceptors (Lipinski definition) is 3. The van der Waals surface area contributed by atoms with Crippen molar-refractivity contribution < 1.29 is 9.53 Å². The average molecular weight is 185 g/mol. The van der Waals surface area contributed by atoms with E-state index in [-0.39, 0.29) is 5.97 Å². The van der Waals surface area contributed by atoms with Gasteiger partial charge in [0.1, 0.15) is 0 Å². The number of carbonyl (C=O) groups excluding carboxylic acids is 1. The standard InChI is InChI=1S/C10H19NO2/c1-3-8-4-5-11-9(6-8)7-10(12)13-2/h8-9,11H,3-7H2,1-2H3. The molecule has 2 atom stereocenters. The highest BCUT2D eigenvalue weighted by Gasteiger charge is 2.22. The van der Waals surface area contributed by atoms with Crippen LogP contribution in [0.1, 0.15) is 32.6 Å². The molecule has 0 aromatic rings. The zero-order valence-corrected chi connectivity index (χ0v) is 8.51. The Morgan fingerprint density at radius 1 is 1.62 bits per heavy atom. The smallest absolute Gasteiger partial charge is 0.307 e. The van der Waals surface area contributed by atoms with Gasteiger partial charge in [0.15, 0.2) is 0 Å². The summed E-state index contributed by atoms with van der Waals surface area (Å²) in [6.45, 7) is 3.26. The second kappa shape index (κ2) is 5.22. The molecule has 0 aliphatic carbocycles. The summed E-state index contributed by atoms with van der Waals surface area (Å²) in [4.78, 5) is 11.0. The van der Waals surface area contributed by atoms with Crippen LogP contribution in [0.15, 0.2) is 0 Å². The normalized spacial score (nSPS) is 28.5. The maximum Gasteiger partial charge on any atom is 0.307 e. The van der Waals surface area contributed by atoms with Gasteiger partial charge in [0, 0.05) is 6.04 Å². The van der Waals surface area contributed by atoms with Gasteiger partial charge in [0.2, 0.25) is 0 Å². The Hall–Kier alpha value is -0.570. The molecule has 1 heterocycles. The summed E-state index contributed by atoms with van der Waals surface area (Å²) in [6, 6.07) is 0.339. The van der Waals surface area contributed by atoms with E-state index in [1.807, 2.05) is 0 Å². The molecule has 76 valence electrons. The first-order valence-electron chi connectivity index (χ1n) is 5.06. The molecule has 0 radical (unpaired) electrons. The molecule has 0 bridgehead atoms. The fourth-order valence-corrected chi connectivity index (χ4v) is 1.91. The molecule has 0 aromatic heterocycles. The van der Waals surface area contributed by atoms with E-state index in [1.54, 1.807) is 0 Å². The fourth-order valence-electron chi connectivity index (χ4n) is 1.91. The van der Waals surface area contributed by atoms with Crippen LogP contribution in [0.2, 0.25) is 0 Å². The molecule has 0 amide bonds. The third-order valence-corrected chi connectivity index (χ3v) is 2.82. The second-order valence-electron chi connectivity index (χ2n) is 3.73. The number of piperidine rings is 1. The van der Waals surface area contributed by atoms with E-state index in [0.29, 0.717) is 12.5 Å². The SMILES string of the molecule is CCC1CCNC(CC(=O)OC)C1. The average Bonchev–Trinajstić information content (AvgIpc) is 2.18. The molecule has 1 saturated heterocycles. The van der Waals surface area contributed by atoms with Crippen LogP contribution >= 0.6 is 0 Å². The molecule has 1 N–H and O–H groups in total. The van der Waals surface area contributed by atoms with Crippen LogP contribution in [0.5, 0.6) is 0 Å². The lowest BCUT2D eigenvalue weighted by Gasteiger charge is -2.28. The van der Waals surface area contributed by atoms with Crippen LogP contribution < -0.4 is 5.32 Å². The molecule has 1 aliphatic heterocycles. The van der Waals surface area contributed by atoms with Crippen molar-refractivity contribution in [1.29, 1.82) is 0 Å². The molecule has 0 saturated carbocycles. The number of ether oxygens (including phenoxy) is 1. The second-order valence-corrected chi connectivity index (χ2v) is 3.73. The monoisotopic (exact) mass is 185 g/mol. The van der Waals surface area contributed by atoms with Gasteiger partial charge in [-0.1, -0.05) is 13.3 Å². The number of hydrogen-bond donors (Lipinski definition) is 1. The number of rotatable bonds is 3. The van der Waals surface area contributed by atoms with Gasteiger partial charge in [0.05, 0.1) is 13.5 Å². The molecular formula is C10H19NO2. The largest absolute Gasteiger partial charge is 0.469 e. The van der Waals surface area contributed by atoms with Crippen molar-refractivity contribution in [2.24, 2.45) is 5.92 Å². The van der Waals surface area contributed by atoms with Crippen molar-refractivity contribution in [3.8, 4) is 0 Å². The van der Waals surface area contributed by atoms with Crippen LogP contribution in [0.3, 0.4) is 0 Å². The number of esters is 1. The van der Waals surface area contributed by atoms with Crippen LogP contribution in [-0.4, -0.2) is 25.7 Å². The minimum atomic E-state index is -0.103. The topological polar surface area (TPSA) is 38.3 Å². The Labute approximate surface area is 79.8 Å². The first-order valence-corrected chi connectivity index (χ1v) is 5.06. The quantitative estimate of drug-likeness (QED) is 0.674. The third-order valence-electron chi connectivity index (χ3n) is 2.82. The zero-order valence-electron chi connectivity index (χ0n) is 8.51. The van der Waals surface area contributed by atoms with E-state index in [2.05, 4.69) is 17.0 Å². The Morgan fingerprint density at radius 2 is 2.38 bits per heavy atom. The van der Waals surface area contributed by atoms with E-state index >= 15 is 0 Å². The lowest BCUT2D eigenvalue weighted by Crippen LogP contribution is -2.39. The van der Waals surface area contributed by atoms with Crippen molar-refractivity contribution in [2.75, 3.05) is 13.7 Å². The van der Waals surface area contributed by atoms with E-state index < -0.39 is 0 Å². The van der Waals surface area contributed by atoms with Gasteiger partial charge in [-0.15, -0.1) is 0 Å². The summed E-state index contributed by atoms with van der Waals surface area (Å²) >= 11 is 0. The summed E-state index contributed by atoms with van der Waals surface area (Å²) in [5.74, 6) is 0.685. The Kier molecular flexibility index (Phi) is 4.22. The Morgan fingerprint density at radius 3 is 3.00 bits per heavy atom. The molecule has 13 heavy (non-hydrogen) atoms. The van der Waals surface area contributed by atoms with E-state index in [1.165, 1.54) is 20.0 Å². The molecule has 0 aromatic carbocycles. The van der Waals surface area contributed by atoms with Crippen LogP contribution in [-0.2, 0) is 9.53 Å². The number of nitrogens with one attached hydrogen (secondary N) is 1. The zero-order chi connectivity index (χ0) is 9.68. The lowest BCUT2D eigenvalue weighted by atomic mass is 9.89. The predicted octanol–water partition coefficient (Wildman–Crippen LogP) is 1.33. The van der Waals surface area contributed by atoms with Gasteiger partial charge < -0.3 is 10.1 Å². The summed E-state index contributed by atoms with van der Waals surface area (Å²) in [5, 5.41) is 3.35. The highest BCUT2D eigenvalue weighted by atomic mass is 16.5. The van der Waals surface area contributed by atoms with Crippen molar-refractivity contribution in [1.82, 2.24) is 5.32 Å². The fraction of sp³-hybridized carbons (Fsp3) is 0.900. The van der Waals surface area contributed by atoms with Crippen molar-refractivity contribution in [3.63, 3.8) is 0 Å². The summed E-state index contributed by atoms with van der Waals surface area (Å²) in [7, 11) is 1.45. The maximum atomic E-state index is 11.0. The van der Waals surface area contributed by atoms with Crippen molar-refractivity contribution in [3.05, 3.63) is 0 Å². The van der Waals surface area contributed by atoms with Crippen molar-refractivity contribution in [2.45, 2.75) is 38.6 Å². The van der Waals surface area contributed by atoms with Gasteiger partial charge >= 0.3 is 5.97 Å². The van der Waals surface area contributed by atoms with Gasteiger partial charge in [-0.25, -0.2) is 0 Å². The summed E-state index contributed by atoms with van der Waals surface area (Å²) in [5.41, 5.74) is 0. The molecule has 3 heteroatoms.